The molecule has 168 valence electrons. The van der Waals surface area contributed by atoms with Crippen LogP contribution in [0.15, 0.2) is 48.5 Å². The van der Waals surface area contributed by atoms with Gasteiger partial charge in [-0.15, -0.1) is 0 Å². The molecule has 1 aliphatic heterocycles. The summed E-state index contributed by atoms with van der Waals surface area (Å²) in [4.78, 5) is 21.2. The molecule has 1 aliphatic carbocycles. The minimum atomic E-state index is -4.41. The quantitative estimate of drug-likeness (QED) is 0.596. The number of piperazine rings is 1. The van der Waals surface area contributed by atoms with E-state index in [9.17, 15) is 18.0 Å². The van der Waals surface area contributed by atoms with Gasteiger partial charge < -0.3 is 9.47 Å². The molecule has 1 aromatic heterocycles. The van der Waals surface area contributed by atoms with Crippen molar-refractivity contribution in [3.63, 3.8) is 0 Å². The summed E-state index contributed by atoms with van der Waals surface area (Å²) in [7, 11) is 0. The topological polar surface area (TPSA) is 41.4 Å². The summed E-state index contributed by atoms with van der Waals surface area (Å²) in [6.07, 6.45) is -2.40. The van der Waals surface area contributed by atoms with Gasteiger partial charge in [-0.1, -0.05) is 30.3 Å². The molecule has 2 aromatic carbocycles. The fraction of sp³-hybridized carbons (Fsp3) is 0.417. The first kappa shape index (κ1) is 21.0. The van der Waals surface area contributed by atoms with E-state index in [1.165, 1.54) is 12.1 Å². The van der Waals surface area contributed by atoms with Crippen molar-refractivity contribution in [1.82, 2.24) is 19.4 Å². The molecule has 2 fully saturated rings. The first-order valence-corrected chi connectivity index (χ1v) is 11.0. The number of imidazole rings is 1. The molecule has 5 nitrogen and oxygen atoms in total. The molecule has 0 bridgehead atoms. The number of halogens is 3. The van der Waals surface area contributed by atoms with Crippen LogP contribution in [0.1, 0.15) is 29.8 Å². The molecular formula is C24H25F3N4O. The average Bonchev–Trinajstić information content (AvgIpc) is 3.58. The third kappa shape index (κ3) is 4.24. The van der Waals surface area contributed by atoms with E-state index in [1.54, 1.807) is 6.07 Å². The minimum absolute atomic E-state index is 0.103. The first-order chi connectivity index (χ1) is 15.4. The maximum Gasteiger partial charge on any atom is 0.416 e. The highest BCUT2D eigenvalue weighted by atomic mass is 19.4. The number of aromatic nitrogens is 2. The van der Waals surface area contributed by atoms with Crippen LogP contribution in [0, 0.1) is 5.92 Å². The molecule has 8 heteroatoms. The highest BCUT2D eigenvalue weighted by Gasteiger charge is 2.35. The zero-order valence-electron chi connectivity index (χ0n) is 17.7. The lowest BCUT2D eigenvalue weighted by molar-refractivity contribution is -0.138. The largest absolute Gasteiger partial charge is 0.416 e. The van der Waals surface area contributed by atoms with Crippen LogP contribution in [-0.2, 0) is 24.1 Å². The Morgan fingerprint density at radius 1 is 0.938 bits per heavy atom. The summed E-state index contributed by atoms with van der Waals surface area (Å²) >= 11 is 0. The molecule has 2 aliphatic rings. The number of carbonyl (C=O) groups is 1. The van der Waals surface area contributed by atoms with Gasteiger partial charge in [0.25, 0.3) is 0 Å². The molecule has 1 saturated heterocycles. The molecule has 0 atom stereocenters. The first-order valence-electron chi connectivity index (χ1n) is 11.0. The average molecular weight is 442 g/mol. The molecule has 0 N–H and O–H groups in total. The summed E-state index contributed by atoms with van der Waals surface area (Å²) in [6.45, 7) is 3.49. The summed E-state index contributed by atoms with van der Waals surface area (Å²) in [5.41, 5.74) is 1.21. The minimum Gasteiger partial charge on any atom is -0.340 e. The highest BCUT2D eigenvalue weighted by Crippen LogP contribution is 2.33. The number of fused-ring (bicyclic) bond motifs is 1. The van der Waals surface area contributed by atoms with Gasteiger partial charge >= 0.3 is 6.18 Å². The number of hydrogen-bond donors (Lipinski definition) is 0. The van der Waals surface area contributed by atoms with Gasteiger partial charge in [-0.25, -0.2) is 4.98 Å². The van der Waals surface area contributed by atoms with Crippen LogP contribution in [0.3, 0.4) is 0 Å². The molecule has 5 rings (SSSR count). The molecule has 1 amide bonds. The molecule has 32 heavy (non-hydrogen) atoms. The van der Waals surface area contributed by atoms with Gasteiger partial charge in [0.05, 0.1) is 23.1 Å². The van der Waals surface area contributed by atoms with Crippen molar-refractivity contribution in [3.05, 3.63) is 65.5 Å². The standard InChI is InChI=1S/C24H25F3N4O/c25-24(26,27)19-6-2-1-5-18(19)15-31-21-8-4-3-7-20(21)28-22(31)16-29-11-13-30(14-12-29)23(32)17-9-10-17/h1-8,17H,9-16H2. The predicted molar refractivity (Wildman–Crippen MR) is 115 cm³/mol. The van der Waals surface area contributed by atoms with Gasteiger partial charge in [0, 0.05) is 38.6 Å². The van der Waals surface area contributed by atoms with Crippen molar-refractivity contribution >= 4 is 16.9 Å². The van der Waals surface area contributed by atoms with Gasteiger partial charge in [-0.3, -0.25) is 9.69 Å². The molecule has 0 unspecified atom stereocenters. The fourth-order valence-corrected chi connectivity index (χ4v) is 4.44. The van der Waals surface area contributed by atoms with Crippen molar-refractivity contribution in [3.8, 4) is 0 Å². The smallest absolute Gasteiger partial charge is 0.340 e. The van der Waals surface area contributed by atoms with Crippen LogP contribution >= 0.6 is 0 Å². The lowest BCUT2D eigenvalue weighted by atomic mass is 10.1. The number of alkyl halides is 3. The van der Waals surface area contributed by atoms with Gasteiger partial charge in [0.2, 0.25) is 5.91 Å². The van der Waals surface area contributed by atoms with Crippen molar-refractivity contribution in [2.75, 3.05) is 26.2 Å². The molecule has 0 radical (unpaired) electrons. The van der Waals surface area contributed by atoms with Gasteiger partial charge in [0.15, 0.2) is 0 Å². The Morgan fingerprint density at radius 2 is 1.62 bits per heavy atom. The van der Waals surface area contributed by atoms with Crippen molar-refractivity contribution in [1.29, 1.82) is 0 Å². The summed E-state index contributed by atoms with van der Waals surface area (Å²) in [5, 5.41) is 0. The lowest BCUT2D eigenvalue weighted by Gasteiger charge is -2.34. The highest BCUT2D eigenvalue weighted by molar-refractivity contribution is 5.81. The van der Waals surface area contributed by atoms with Crippen molar-refractivity contribution in [2.24, 2.45) is 5.92 Å². The number of amides is 1. The Morgan fingerprint density at radius 3 is 2.34 bits per heavy atom. The van der Waals surface area contributed by atoms with Crippen LogP contribution in [0.25, 0.3) is 11.0 Å². The zero-order chi connectivity index (χ0) is 22.3. The van der Waals surface area contributed by atoms with E-state index in [0.717, 1.165) is 48.9 Å². The van der Waals surface area contributed by atoms with Crippen LogP contribution in [0.5, 0.6) is 0 Å². The van der Waals surface area contributed by atoms with Crippen molar-refractivity contribution in [2.45, 2.75) is 32.1 Å². The number of para-hydroxylation sites is 2. The zero-order valence-corrected chi connectivity index (χ0v) is 17.7. The summed E-state index contributed by atoms with van der Waals surface area (Å²) in [6, 6.07) is 13.3. The Bertz CT molecular complexity index is 1130. The maximum absolute atomic E-state index is 13.6. The summed E-state index contributed by atoms with van der Waals surface area (Å²) < 4.78 is 42.6. The number of carbonyl (C=O) groups excluding carboxylic acids is 1. The third-order valence-electron chi connectivity index (χ3n) is 6.36. The Hall–Kier alpha value is -2.87. The van der Waals surface area contributed by atoms with Crippen LogP contribution in [0.2, 0.25) is 0 Å². The maximum atomic E-state index is 13.6. The molecule has 2 heterocycles. The number of hydrogen-bond acceptors (Lipinski definition) is 3. The van der Waals surface area contributed by atoms with Crippen LogP contribution in [-0.4, -0.2) is 51.4 Å². The predicted octanol–water partition coefficient (Wildman–Crippen LogP) is 4.16. The SMILES string of the molecule is O=C(C1CC1)N1CCN(Cc2nc3ccccc3n2Cc2ccccc2C(F)(F)F)CC1. The van der Waals surface area contributed by atoms with E-state index in [4.69, 9.17) is 4.98 Å². The summed E-state index contributed by atoms with van der Waals surface area (Å²) in [5.74, 6) is 1.23. The Labute approximate surface area is 184 Å². The number of benzene rings is 2. The molecular weight excluding hydrogens is 417 g/mol. The third-order valence-corrected chi connectivity index (χ3v) is 6.36. The second kappa shape index (κ2) is 8.24. The normalized spacial score (nSPS) is 17.8. The van der Waals surface area contributed by atoms with E-state index >= 15 is 0 Å². The van der Waals surface area contributed by atoms with Crippen molar-refractivity contribution < 1.29 is 18.0 Å². The second-order valence-corrected chi connectivity index (χ2v) is 8.63. The van der Waals surface area contributed by atoms with E-state index < -0.39 is 11.7 Å². The number of nitrogens with zero attached hydrogens (tertiary/aromatic N) is 4. The van der Waals surface area contributed by atoms with E-state index in [2.05, 4.69) is 4.90 Å². The van der Waals surface area contributed by atoms with Crippen LogP contribution < -0.4 is 0 Å². The Kier molecular flexibility index (Phi) is 5.41. The second-order valence-electron chi connectivity index (χ2n) is 8.63. The molecule has 3 aromatic rings. The fourth-order valence-electron chi connectivity index (χ4n) is 4.44. The van der Waals surface area contributed by atoms with E-state index in [-0.39, 0.29) is 23.9 Å². The van der Waals surface area contributed by atoms with Gasteiger partial charge in [-0.2, -0.15) is 13.2 Å². The van der Waals surface area contributed by atoms with Crippen LogP contribution in [0.4, 0.5) is 13.2 Å². The van der Waals surface area contributed by atoms with E-state index in [0.29, 0.717) is 19.6 Å². The molecule has 0 spiro atoms. The monoisotopic (exact) mass is 442 g/mol. The number of rotatable bonds is 5. The van der Waals surface area contributed by atoms with Gasteiger partial charge in [-0.05, 0) is 36.6 Å². The van der Waals surface area contributed by atoms with Gasteiger partial charge in [0.1, 0.15) is 5.82 Å². The van der Waals surface area contributed by atoms with E-state index in [1.807, 2.05) is 33.7 Å². The molecule has 1 saturated carbocycles. The lowest BCUT2D eigenvalue weighted by Crippen LogP contribution is -2.49. The Balaban J connectivity index is 1.39.